The van der Waals surface area contributed by atoms with E-state index >= 15 is 0 Å². The van der Waals surface area contributed by atoms with Gasteiger partial charge < -0.3 is 9.64 Å². The summed E-state index contributed by atoms with van der Waals surface area (Å²) in [5.41, 5.74) is 1.78. The van der Waals surface area contributed by atoms with E-state index in [1.165, 1.54) is 4.90 Å². The normalized spacial score (nSPS) is 16.5. The van der Waals surface area contributed by atoms with Crippen LogP contribution < -0.4 is 4.74 Å². The van der Waals surface area contributed by atoms with Crippen LogP contribution in [0.2, 0.25) is 5.02 Å². The molecule has 0 N–H and O–H groups in total. The van der Waals surface area contributed by atoms with Crippen LogP contribution >= 0.6 is 11.6 Å². The van der Waals surface area contributed by atoms with E-state index in [0.29, 0.717) is 30.3 Å². The summed E-state index contributed by atoms with van der Waals surface area (Å²) in [6.07, 6.45) is -3.71. The Kier molecular flexibility index (Phi) is 7.40. The van der Waals surface area contributed by atoms with E-state index in [9.17, 15) is 18.0 Å². The van der Waals surface area contributed by atoms with E-state index in [4.69, 9.17) is 16.3 Å². The Balaban J connectivity index is 1.95. The third-order valence-corrected chi connectivity index (χ3v) is 5.02. The summed E-state index contributed by atoms with van der Waals surface area (Å²) in [5.74, 6) is 0.585. The molecular formula is C19H26ClF3N2O2. The van der Waals surface area contributed by atoms with Crippen LogP contribution in [0.4, 0.5) is 13.2 Å². The van der Waals surface area contributed by atoms with E-state index in [-0.39, 0.29) is 31.5 Å². The first-order chi connectivity index (χ1) is 12.6. The molecule has 1 aliphatic rings. The molecule has 27 heavy (non-hydrogen) atoms. The van der Waals surface area contributed by atoms with Crippen molar-refractivity contribution in [3.8, 4) is 5.75 Å². The van der Waals surface area contributed by atoms with Crippen LogP contribution in [0.5, 0.6) is 5.75 Å². The van der Waals surface area contributed by atoms with Crippen molar-refractivity contribution in [3.05, 3.63) is 28.3 Å². The van der Waals surface area contributed by atoms with Crippen LogP contribution in [0.15, 0.2) is 12.1 Å². The second-order valence-electron chi connectivity index (χ2n) is 7.21. The van der Waals surface area contributed by atoms with Crippen LogP contribution in [-0.2, 0) is 4.79 Å². The standard InChI is InChI=1S/C19H26ClF3N2O2/c1-13(2)15-10-16(20)14(3)9-17(15)27-11-18(26)25-6-4-5-24(7-8-25)12-19(21,22)23/h9-10,13H,4-8,11-12H2,1-3H3. The smallest absolute Gasteiger partial charge is 0.401 e. The molecule has 1 aliphatic heterocycles. The van der Waals surface area contributed by atoms with Crippen molar-refractivity contribution < 1.29 is 22.7 Å². The molecule has 1 aromatic rings. The van der Waals surface area contributed by atoms with Gasteiger partial charge in [-0.05, 0) is 42.5 Å². The molecule has 1 saturated heterocycles. The van der Waals surface area contributed by atoms with Crippen LogP contribution in [0.3, 0.4) is 0 Å². The minimum Gasteiger partial charge on any atom is -0.483 e. The Morgan fingerprint density at radius 2 is 1.93 bits per heavy atom. The predicted octanol–water partition coefficient (Wildman–Crippen LogP) is 4.25. The van der Waals surface area contributed by atoms with E-state index in [2.05, 4.69) is 0 Å². The fraction of sp³-hybridized carbons (Fsp3) is 0.632. The molecule has 0 unspecified atom stereocenters. The van der Waals surface area contributed by atoms with E-state index < -0.39 is 12.7 Å². The highest BCUT2D eigenvalue weighted by molar-refractivity contribution is 6.31. The van der Waals surface area contributed by atoms with E-state index in [1.54, 1.807) is 4.90 Å². The second kappa shape index (κ2) is 9.15. The number of rotatable bonds is 5. The molecule has 152 valence electrons. The minimum atomic E-state index is -4.22. The van der Waals surface area contributed by atoms with Gasteiger partial charge >= 0.3 is 6.18 Å². The average molecular weight is 407 g/mol. The number of nitrogens with zero attached hydrogens (tertiary/aromatic N) is 2. The Bertz CT molecular complexity index is 665. The maximum absolute atomic E-state index is 12.5. The molecule has 1 fully saturated rings. The molecule has 1 heterocycles. The van der Waals surface area contributed by atoms with Crippen molar-refractivity contribution in [2.75, 3.05) is 39.3 Å². The number of amides is 1. The molecule has 0 atom stereocenters. The van der Waals surface area contributed by atoms with Crippen molar-refractivity contribution in [1.82, 2.24) is 9.80 Å². The summed E-state index contributed by atoms with van der Waals surface area (Å²) in [6, 6.07) is 3.67. The maximum Gasteiger partial charge on any atom is 0.401 e. The third kappa shape index (κ3) is 6.57. The lowest BCUT2D eigenvalue weighted by atomic mass is 10.0. The molecule has 1 aromatic carbocycles. The van der Waals surface area contributed by atoms with Gasteiger partial charge in [-0.15, -0.1) is 0 Å². The molecule has 0 saturated carbocycles. The van der Waals surface area contributed by atoms with Gasteiger partial charge in [-0.1, -0.05) is 25.4 Å². The molecule has 0 aliphatic carbocycles. The number of benzene rings is 1. The Morgan fingerprint density at radius 3 is 2.56 bits per heavy atom. The van der Waals surface area contributed by atoms with Crippen molar-refractivity contribution >= 4 is 17.5 Å². The van der Waals surface area contributed by atoms with Crippen LogP contribution in [0.25, 0.3) is 0 Å². The zero-order valence-electron chi connectivity index (χ0n) is 15.9. The molecule has 1 amide bonds. The van der Waals surface area contributed by atoms with Crippen molar-refractivity contribution in [3.63, 3.8) is 0 Å². The number of aryl methyl sites for hydroxylation is 1. The third-order valence-electron chi connectivity index (χ3n) is 4.61. The maximum atomic E-state index is 12.5. The number of ether oxygens (including phenoxy) is 1. The number of hydrogen-bond donors (Lipinski definition) is 0. The predicted molar refractivity (Wildman–Crippen MR) is 99.5 cm³/mol. The minimum absolute atomic E-state index is 0.139. The highest BCUT2D eigenvalue weighted by Gasteiger charge is 2.31. The summed E-state index contributed by atoms with van der Waals surface area (Å²) >= 11 is 6.18. The van der Waals surface area contributed by atoms with Crippen molar-refractivity contribution in [1.29, 1.82) is 0 Å². The zero-order chi connectivity index (χ0) is 20.2. The van der Waals surface area contributed by atoms with Crippen LogP contribution in [0.1, 0.15) is 37.3 Å². The van der Waals surface area contributed by atoms with Gasteiger partial charge in [-0.25, -0.2) is 0 Å². The molecule has 0 spiro atoms. The molecule has 2 rings (SSSR count). The van der Waals surface area contributed by atoms with Gasteiger partial charge in [-0.3, -0.25) is 9.69 Å². The number of carbonyl (C=O) groups excluding carboxylic acids is 1. The summed E-state index contributed by atoms with van der Waals surface area (Å²) in [7, 11) is 0. The Labute approximate surface area is 163 Å². The quantitative estimate of drug-likeness (QED) is 0.733. The van der Waals surface area contributed by atoms with Gasteiger partial charge in [0.1, 0.15) is 5.75 Å². The first-order valence-corrected chi connectivity index (χ1v) is 9.44. The number of halogens is 4. The first kappa shape index (κ1) is 21.8. The SMILES string of the molecule is Cc1cc(OCC(=O)N2CCCN(CC(F)(F)F)CC2)c(C(C)C)cc1Cl. The summed E-state index contributed by atoms with van der Waals surface area (Å²) in [6.45, 7) is 6.07. The zero-order valence-corrected chi connectivity index (χ0v) is 16.7. The molecule has 8 heteroatoms. The van der Waals surface area contributed by atoms with Gasteiger partial charge in [0.2, 0.25) is 0 Å². The summed E-state index contributed by atoms with van der Waals surface area (Å²) in [4.78, 5) is 15.4. The molecular weight excluding hydrogens is 381 g/mol. The van der Waals surface area contributed by atoms with E-state index in [0.717, 1.165) is 11.1 Å². The van der Waals surface area contributed by atoms with Crippen LogP contribution in [0, 0.1) is 6.92 Å². The largest absolute Gasteiger partial charge is 0.483 e. The second-order valence-corrected chi connectivity index (χ2v) is 7.62. The fourth-order valence-corrected chi connectivity index (χ4v) is 3.28. The summed E-state index contributed by atoms with van der Waals surface area (Å²) < 4.78 is 43.4. The van der Waals surface area contributed by atoms with Gasteiger partial charge in [0, 0.05) is 31.2 Å². The Morgan fingerprint density at radius 1 is 1.22 bits per heavy atom. The molecule has 0 aromatic heterocycles. The summed E-state index contributed by atoms with van der Waals surface area (Å²) in [5, 5.41) is 0.648. The monoisotopic (exact) mass is 406 g/mol. The van der Waals surface area contributed by atoms with Gasteiger partial charge in [-0.2, -0.15) is 13.2 Å². The van der Waals surface area contributed by atoms with Crippen LogP contribution in [-0.4, -0.2) is 61.2 Å². The average Bonchev–Trinajstić information content (AvgIpc) is 2.79. The molecule has 4 nitrogen and oxygen atoms in total. The highest BCUT2D eigenvalue weighted by Crippen LogP contribution is 2.32. The fourth-order valence-electron chi connectivity index (χ4n) is 3.11. The topological polar surface area (TPSA) is 32.8 Å². The van der Waals surface area contributed by atoms with Gasteiger partial charge in [0.15, 0.2) is 6.61 Å². The lowest BCUT2D eigenvalue weighted by Crippen LogP contribution is -2.40. The number of alkyl halides is 3. The van der Waals surface area contributed by atoms with Gasteiger partial charge in [0.25, 0.3) is 5.91 Å². The lowest BCUT2D eigenvalue weighted by molar-refractivity contribution is -0.145. The number of carbonyl (C=O) groups is 1. The highest BCUT2D eigenvalue weighted by atomic mass is 35.5. The van der Waals surface area contributed by atoms with Crippen molar-refractivity contribution in [2.45, 2.75) is 39.3 Å². The lowest BCUT2D eigenvalue weighted by Gasteiger charge is -2.23. The number of hydrogen-bond acceptors (Lipinski definition) is 3. The van der Waals surface area contributed by atoms with Gasteiger partial charge in [0.05, 0.1) is 6.54 Å². The molecule has 0 radical (unpaired) electrons. The molecule has 0 bridgehead atoms. The van der Waals surface area contributed by atoms with E-state index in [1.807, 2.05) is 32.9 Å². The van der Waals surface area contributed by atoms with Crippen molar-refractivity contribution in [2.24, 2.45) is 0 Å². The Hall–Kier alpha value is -1.47. The first-order valence-electron chi connectivity index (χ1n) is 9.06.